The van der Waals surface area contributed by atoms with Gasteiger partial charge >= 0.3 is 0 Å². The molecule has 0 amide bonds. The van der Waals surface area contributed by atoms with Crippen LogP contribution >= 0.6 is 0 Å². The van der Waals surface area contributed by atoms with E-state index >= 15 is 0 Å². The quantitative estimate of drug-likeness (QED) is 0.182. The van der Waals surface area contributed by atoms with Crippen molar-refractivity contribution >= 4 is 10.1 Å². The SMILES string of the molecule is CCOC(O)(CCCOC(c1ccccc1)(c1ccccc1)c1ccccc1)OS(C)(=O)=O. The van der Waals surface area contributed by atoms with Gasteiger partial charge in [0.15, 0.2) is 0 Å². The number of hydrogen-bond donors (Lipinski definition) is 1. The van der Waals surface area contributed by atoms with E-state index in [4.69, 9.17) is 13.7 Å². The van der Waals surface area contributed by atoms with Gasteiger partial charge in [-0.2, -0.15) is 8.42 Å². The molecule has 1 unspecified atom stereocenters. The molecule has 0 saturated heterocycles. The molecule has 0 bridgehead atoms. The van der Waals surface area contributed by atoms with Crippen LogP contribution in [-0.4, -0.2) is 39.0 Å². The summed E-state index contributed by atoms with van der Waals surface area (Å²) in [5.74, 6) is -2.24. The molecule has 1 atom stereocenters. The molecule has 33 heavy (non-hydrogen) atoms. The van der Waals surface area contributed by atoms with Crippen LogP contribution in [0.5, 0.6) is 0 Å². The van der Waals surface area contributed by atoms with Crippen molar-refractivity contribution in [3.05, 3.63) is 108 Å². The fourth-order valence-corrected chi connectivity index (χ4v) is 4.49. The summed E-state index contributed by atoms with van der Waals surface area (Å²) in [6, 6.07) is 29.8. The summed E-state index contributed by atoms with van der Waals surface area (Å²) in [4.78, 5) is 0. The summed E-state index contributed by atoms with van der Waals surface area (Å²) in [6.07, 6.45) is 1.08. The first-order valence-electron chi connectivity index (χ1n) is 10.9. The van der Waals surface area contributed by atoms with Gasteiger partial charge in [0.1, 0.15) is 5.60 Å². The van der Waals surface area contributed by atoms with Crippen LogP contribution < -0.4 is 0 Å². The second-order valence-corrected chi connectivity index (χ2v) is 9.24. The molecule has 0 aliphatic carbocycles. The van der Waals surface area contributed by atoms with Gasteiger partial charge in [-0.25, -0.2) is 4.18 Å². The van der Waals surface area contributed by atoms with Gasteiger partial charge in [-0.3, -0.25) is 0 Å². The first-order valence-corrected chi connectivity index (χ1v) is 12.7. The average Bonchev–Trinajstić information content (AvgIpc) is 2.80. The minimum Gasteiger partial charge on any atom is -0.361 e. The fourth-order valence-electron chi connectivity index (χ4n) is 3.89. The Morgan fingerprint density at radius 1 is 0.758 bits per heavy atom. The highest BCUT2D eigenvalue weighted by Crippen LogP contribution is 2.40. The molecule has 176 valence electrons. The van der Waals surface area contributed by atoms with Crippen LogP contribution in [0.1, 0.15) is 36.5 Å². The zero-order valence-corrected chi connectivity index (χ0v) is 19.7. The van der Waals surface area contributed by atoms with Gasteiger partial charge in [0.25, 0.3) is 16.1 Å². The summed E-state index contributed by atoms with van der Waals surface area (Å²) < 4.78 is 39.8. The van der Waals surface area contributed by atoms with Crippen molar-refractivity contribution in [3.8, 4) is 0 Å². The van der Waals surface area contributed by atoms with Crippen molar-refractivity contribution in [1.82, 2.24) is 0 Å². The van der Waals surface area contributed by atoms with E-state index in [1.165, 1.54) is 0 Å². The number of benzene rings is 3. The number of aliphatic hydroxyl groups is 1. The van der Waals surface area contributed by atoms with E-state index in [1.54, 1.807) is 6.92 Å². The van der Waals surface area contributed by atoms with E-state index in [0.717, 1.165) is 22.9 Å². The van der Waals surface area contributed by atoms with Crippen LogP contribution in [0.4, 0.5) is 0 Å². The molecule has 6 nitrogen and oxygen atoms in total. The van der Waals surface area contributed by atoms with Crippen LogP contribution in [0, 0.1) is 0 Å². The van der Waals surface area contributed by atoms with Gasteiger partial charge in [-0.1, -0.05) is 91.0 Å². The first-order chi connectivity index (χ1) is 15.8. The molecule has 1 N–H and O–H groups in total. The Morgan fingerprint density at radius 2 is 1.18 bits per heavy atom. The molecular weight excluding hydrogens is 440 g/mol. The Hall–Kier alpha value is -2.55. The monoisotopic (exact) mass is 470 g/mol. The average molecular weight is 471 g/mol. The Morgan fingerprint density at radius 3 is 1.55 bits per heavy atom. The van der Waals surface area contributed by atoms with Gasteiger partial charge in [-0.05, 0) is 30.0 Å². The Labute approximate surface area is 195 Å². The van der Waals surface area contributed by atoms with Crippen molar-refractivity contribution in [2.24, 2.45) is 0 Å². The van der Waals surface area contributed by atoms with E-state index in [0.29, 0.717) is 6.42 Å². The smallest absolute Gasteiger partial charge is 0.295 e. The molecular formula is C26H30O6S. The lowest BCUT2D eigenvalue weighted by molar-refractivity contribution is -0.320. The third-order valence-corrected chi connectivity index (χ3v) is 5.71. The van der Waals surface area contributed by atoms with Crippen LogP contribution in [-0.2, 0) is 29.4 Å². The van der Waals surface area contributed by atoms with Crippen LogP contribution in [0.3, 0.4) is 0 Å². The zero-order valence-electron chi connectivity index (χ0n) is 18.9. The molecule has 0 fully saturated rings. The van der Waals surface area contributed by atoms with Crippen LogP contribution in [0.2, 0.25) is 0 Å². The van der Waals surface area contributed by atoms with Crippen molar-refractivity contribution in [3.63, 3.8) is 0 Å². The van der Waals surface area contributed by atoms with E-state index in [-0.39, 0.29) is 19.6 Å². The largest absolute Gasteiger partial charge is 0.361 e. The van der Waals surface area contributed by atoms with E-state index in [1.807, 2.05) is 91.0 Å². The van der Waals surface area contributed by atoms with Gasteiger partial charge in [0.05, 0.1) is 6.26 Å². The molecule has 0 aromatic heterocycles. The van der Waals surface area contributed by atoms with Crippen molar-refractivity contribution in [2.75, 3.05) is 19.5 Å². The predicted octanol–water partition coefficient (Wildman–Crippen LogP) is 4.43. The third-order valence-electron chi connectivity index (χ3n) is 5.15. The Bertz CT molecular complexity index is 991. The first kappa shape index (κ1) is 25.1. The zero-order chi connectivity index (χ0) is 23.8. The number of hydrogen-bond acceptors (Lipinski definition) is 6. The lowest BCUT2D eigenvalue weighted by atomic mass is 9.80. The molecule has 7 heteroatoms. The highest BCUT2D eigenvalue weighted by Gasteiger charge is 2.38. The normalized spacial score (nSPS) is 14.0. The fraction of sp³-hybridized carbons (Fsp3) is 0.308. The van der Waals surface area contributed by atoms with Crippen molar-refractivity contribution < 1.29 is 27.2 Å². The summed E-state index contributed by atoms with van der Waals surface area (Å²) in [5, 5.41) is 10.5. The summed E-state index contributed by atoms with van der Waals surface area (Å²) in [5.41, 5.74) is 1.96. The van der Waals surface area contributed by atoms with E-state index < -0.39 is 21.7 Å². The highest BCUT2D eigenvalue weighted by atomic mass is 32.2. The molecule has 3 aromatic carbocycles. The molecule has 0 aliphatic heterocycles. The lowest BCUT2D eigenvalue weighted by Gasteiger charge is -2.36. The maximum atomic E-state index is 11.6. The van der Waals surface area contributed by atoms with Gasteiger partial charge in [-0.15, -0.1) is 0 Å². The van der Waals surface area contributed by atoms with Crippen LogP contribution in [0.15, 0.2) is 91.0 Å². The molecule has 0 radical (unpaired) electrons. The molecule has 3 aromatic rings. The molecule has 0 spiro atoms. The van der Waals surface area contributed by atoms with Gasteiger partial charge in [0, 0.05) is 19.6 Å². The minimum atomic E-state index is -3.91. The van der Waals surface area contributed by atoms with E-state index in [2.05, 4.69) is 0 Å². The number of ether oxygens (including phenoxy) is 2. The van der Waals surface area contributed by atoms with Crippen LogP contribution in [0.25, 0.3) is 0 Å². The lowest BCUT2D eigenvalue weighted by Crippen LogP contribution is -2.39. The second-order valence-electron chi connectivity index (χ2n) is 7.66. The maximum absolute atomic E-state index is 11.6. The maximum Gasteiger partial charge on any atom is 0.295 e. The summed E-state index contributed by atoms with van der Waals surface area (Å²) in [6.45, 7) is 1.95. The molecule has 0 heterocycles. The molecule has 0 saturated carbocycles. The minimum absolute atomic E-state index is 0.0810. The predicted molar refractivity (Wildman–Crippen MR) is 127 cm³/mol. The Balaban J connectivity index is 1.93. The van der Waals surface area contributed by atoms with Crippen molar-refractivity contribution in [2.45, 2.75) is 31.3 Å². The van der Waals surface area contributed by atoms with E-state index in [9.17, 15) is 13.5 Å². The second kappa shape index (κ2) is 11.0. The van der Waals surface area contributed by atoms with Gasteiger partial charge < -0.3 is 14.6 Å². The third kappa shape index (κ3) is 6.50. The van der Waals surface area contributed by atoms with Crippen molar-refractivity contribution in [1.29, 1.82) is 0 Å². The number of rotatable bonds is 12. The van der Waals surface area contributed by atoms with Gasteiger partial charge in [0.2, 0.25) is 0 Å². The topological polar surface area (TPSA) is 82.1 Å². The summed E-state index contributed by atoms with van der Waals surface area (Å²) in [7, 11) is -3.91. The summed E-state index contributed by atoms with van der Waals surface area (Å²) >= 11 is 0. The molecule has 0 aliphatic rings. The standard InChI is InChI=1S/C26H30O6S/c1-3-30-25(27,32-33(2,28)29)20-13-21-31-26(22-14-7-4-8-15-22,23-16-9-5-10-17-23)24-18-11-6-12-19-24/h4-12,14-19,27H,3,13,20-21H2,1-2H3. The Kier molecular flexibility index (Phi) is 8.40. The molecule has 3 rings (SSSR count). The highest BCUT2D eigenvalue weighted by molar-refractivity contribution is 7.86.